The third-order valence-corrected chi connectivity index (χ3v) is 2.80. The molecule has 1 rings (SSSR count). The average molecular weight is 326 g/mol. The zero-order chi connectivity index (χ0) is 13.7. The summed E-state index contributed by atoms with van der Waals surface area (Å²) in [4.78, 5) is 0. The Morgan fingerprint density at radius 3 is 2.67 bits per heavy atom. The summed E-state index contributed by atoms with van der Waals surface area (Å²) >= 11 is 9.11. The molecular formula is C10H6BrClN6. The third kappa shape index (κ3) is 3.20. The Hall–Kier alpha value is -2.09. The molecule has 0 heterocycles. The number of nitrogens with zero attached hydrogens (tertiary/aromatic N) is 3. The van der Waals surface area contributed by atoms with E-state index >= 15 is 0 Å². The second kappa shape index (κ2) is 6.01. The van der Waals surface area contributed by atoms with Crippen molar-refractivity contribution in [3.8, 4) is 12.1 Å². The lowest BCUT2D eigenvalue weighted by Crippen LogP contribution is -2.21. The predicted molar refractivity (Wildman–Crippen MR) is 72.5 cm³/mol. The van der Waals surface area contributed by atoms with Gasteiger partial charge >= 0.3 is 0 Å². The van der Waals surface area contributed by atoms with Crippen molar-refractivity contribution < 1.29 is 0 Å². The lowest BCUT2D eigenvalue weighted by Gasteiger charge is -2.05. The molecule has 4 N–H and O–H groups in total. The van der Waals surface area contributed by atoms with Crippen LogP contribution in [-0.2, 0) is 0 Å². The van der Waals surface area contributed by atoms with E-state index in [9.17, 15) is 0 Å². The SMILES string of the molecule is N#C/C(=N\Nc1cc(C#N)c(Br)cc1Cl)C(=N)N. The minimum Gasteiger partial charge on any atom is -0.382 e. The first-order chi connectivity index (χ1) is 8.49. The van der Waals surface area contributed by atoms with Crippen molar-refractivity contribution in [1.29, 1.82) is 15.9 Å². The van der Waals surface area contributed by atoms with E-state index in [4.69, 9.17) is 33.3 Å². The summed E-state index contributed by atoms with van der Waals surface area (Å²) in [6.45, 7) is 0. The van der Waals surface area contributed by atoms with Crippen LogP contribution in [0.3, 0.4) is 0 Å². The van der Waals surface area contributed by atoms with Gasteiger partial charge in [-0.3, -0.25) is 10.8 Å². The molecule has 0 radical (unpaired) electrons. The van der Waals surface area contributed by atoms with Crippen LogP contribution in [0, 0.1) is 28.1 Å². The maximum absolute atomic E-state index is 8.85. The fourth-order valence-corrected chi connectivity index (χ4v) is 1.75. The quantitative estimate of drug-likeness (QED) is 0.448. The predicted octanol–water partition coefficient (Wildman–Crippen LogP) is 2.20. The lowest BCUT2D eigenvalue weighted by atomic mass is 10.2. The summed E-state index contributed by atoms with van der Waals surface area (Å²) in [5, 5.41) is 28.5. The Kier molecular flexibility index (Phi) is 4.67. The number of benzene rings is 1. The first-order valence-electron chi connectivity index (χ1n) is 4.47. The van der Waals surface area contributed by atoms with Crippen molar-refractivity contribution in [3.05, 3.63) is 27.2 Å². The molecule has 0 aromatic heterocycles. The van der Waals surface area contributed by atoms with Crippen LogP contribution in [0.5, 0.6) is 0 Å². The van der Waals surface area contributed by atoms with Gasteiger partial charge in [-0.15, -0.1) is 0 Å². The molecule has 0 amide bonds. The van der Waals surface area contributed by atoms with Crippen LogP contribution >= 0.6 is 27.5 Å². The monoisotopic (exact) mass is 324 g/mol. The van der Waals surface area contributed by atoms with Crippen molar-refractivity contribution in [2.75, 3.05) is 5.43 Å². The first-order valence-corrected chi connectivity index (χ1v) is 5.64. The summed E-state index contributed by atoms with van der Waals surface area (Å²) in [6, 6.07) is 6.60. The number of halogens is 2. The molecule has 0 atom stereocenters. The van der Waals surface area contributed by atoms with Gasteiger partial charge in [-0.25, -0.2) is 0 Å². The van der Waals surface area contributed by atoms with Crippen LogP contribution < -0.4 is 11.2 Å². The average Bonchev–Trinajstić information content (AvgIpc) is 2.31. The van der Waals surface area contributed by atoms with Gasteiger partial charge < -0.3 is 5.73 Å². The number of hydrazone groups is 1. The Bertz CT molecular complexity index is 610. The maximum atomic E-state index is 8.85. The van der Waals surface area contributed by atoms with Crippen molar-refractivity contribution in [2.24, 2.45) is 10.8 Å². The van der Waals surface area contributed by atoms with E-state index in [2.05, 4.69) is 26.5 Å². The Balaban J connectivity index is 3.11. The molecular weight excluding hydrogens is 320 g/mol. The second-order valence-corrected chi connectivity index (χ2v) is 4.28. The number of nitrogens with two attached hydrogens (primary N) is 1. The molecule has 0 fully saturated rings. The van der Waals surface area contributed by atoms with Crippen LogP contribution in [-0.4, -0.2) is 11.5 Å². The van der Waals surface area contributed by atoms with E-state index in [1.165, 1.54) is 12.1 Å². The molecule has 1 aromatic rings. The lowest BCUT2D eigenvalue weighted by molar-refractivity contribution is 1.32. The Morgan fingerprint density at radius 1 is 1.50 bits per heavy atom. The van der Waals surface area contributed by atoms with E-state index in [-0.39, 0.29) is 5.71 Å². The van der Waals surface area contributed by atoms with Gasteiger partial charge in [0.15, 0.2) is 5.84 Å². The molecule has 90 valence electrons. The Morgan fingerprint density at radius 2 is 2.17 bits per heavy atom. The normalized spacial score (nSPS) is 10.3. The maximum Gasteiger partial charge on any atom is 0.201 e. The van der Waals surface area contributed by atoms with Crippen LogP contribution in [0.4, 0.5) is 5.69 Å². The molecule has 0 unspecified atom stereocenters. The van der Waals surface area contributed by atoms with Gasteiger partial charge in [0.05, 0.1) is 16.3 Å². The smallest absolute Gasteiger partial charge is 0.201 e. The molecule has 0 saturated carbocycles. The summed E-state index contributed by atoms with van der Waals surface area (Å²) in [5.41, 5.74) is 8.04. The van der Waals surface area contributed by atoms with Crippen molar-refractivity contribution in [2.45, 2.75) is 0 Å². The fraction of sp³-hybridized carbons (Fsp3) is 0. The standard InChI is InChI=1S/C10H6BrClN6/c11-6-2-7(12)8(1-5(6)3-13)17-18-9(4-14)10(15)16/h1-2,17H,(H3,15,16)/b18-9+. The summed E-state index contributed by atoms with van der Waals surface area (Å²) in [5.74, 6) is -0.459. The summed E-state index contributed by atoms with van der Waals surface area (Å²) in [6.07, 6.45) is 0. The van der Waals surface area contributed by atoms with Gasteiger partial charge in [0.25, 0.3) is 0 Å². The number of nitrogens with one attached hydrogen (secondary N) is 2. The highest BCUT2D eigenvalue weighted by Crippen LogP contribution is 2.29. The molecule has 0 bridgehead atoms. The van der Waals surface area contributed by atoms with Gasteiger partial charge in [0.1, 0.15) is 12.1 Å². The van der Waals surface area contributed by atoms with Crippen molar-refractivity contribution in [1.82, 2.24) is 0 Å². The van der Waals surface area contributed by atoms with E-state index < -0.39 is 5.84 Å². The van der Waals surface area contributed by atoms with Gasteiger partial charge in [-0.05, 0) is 28.1 Å². The van der Waals surface area contributed by atoms with Gasteiger partial charge in [0.2, 0.25) is 5.71 Å². The molecule has 6 nitrogen and oxygen atoms in total. The zero-order valence-corrected chi connectivity index (χ0v) is 11.2. The Labute approximate surface area is 116 Å². The zero-order valence-electron chi connectivity index (χ0n) is 8.83. The topological polar surface area (TPSA) is 122 Å². The van der Waals surface area contributed by atoms with E-state index in [1.54, 1.807) is 6.07 Å². The largest absolute Gasteiger partial charge is 0.382 e. The van der Waals surface area contributed by atoms with Gasteiger partial charge in [0, 0.05) is 4.47 Å². The summed E-state index contributed by atoms with van der Waals surface area (Å²) < 4.78 is 0.552. The number of rotatable bonds is 3. The molecule has 0 aliphatic carbocycles. The highest BCUT2D eigenvalue weighted by atomic mass is 79.9. The van der Waals surface area contributed by atoms with Crippen molar-refractivity contribution >= 4 is 44.8 Å². The van der Waals surface area contributed by atoms with E-state index in [0.29, 0.717) is 20.7 Å². The third-order valence-electron chi connectivity index (χ3n) is 1.83. The molecule has 0 spiro atoms. The second-order valence-electron chi connectivity index (χ2n) is 3.02. The molecule has 8 heteroatoms. The van der Waals surface area contributed by atoms with E-state index in [1.807, 2.05) is 6.07 Å². The molecule has 0 aliphatic heterocycles. The number of hydrogen-bond donors (Lipinski definition) is 3. The fourth-order valence-electron chi connectivity index (χ4n) is 0.982. The van der Waals surface area contributed by atoms with E-state index in [0.717, 1.165) is 0 Å². The van der Waals surface area contributed by atoms with Gasteiger partial charge in [-0.1, -0.05) is 11.6 Å². The van der Waals surface area contributed by atoms with Crippen LogP contribution in [0.1, 0.15) is 5.56 Å². The minimum absolute atomic E-state index is 0.271. The number of nitriles is 2. The molecule has 1 aromatic carbocycles. The molecule has 0 aliphatic rings. The van der Waals surface area contributed by atoms with Crippen molar-refractivity contribution in [3.63, 3.8) is 0 Å². The highest BCUT2D eigenvalue weighted by molar-refractivity contribution is 9.10. The molecule has 0 saturated heterocycles. The summed E-state index contributed by atoms with van der Waals surface area (Å²) in [7, 11) is 0. The van der Waals surface area contributed by atoms with Crippen LogP contribution in [0.15, 0.2) is 21.7 Å². The number of hydrogen-bond acceptors (Lipinski definition) is 5. The number of amidine groups is 1. The first kappa shape index (κ1) is 14.0. The van der Waals surface area contributed by atoms with Crippen LogP contribution in [0.2, 0.25) is 5.02 Å². The minimum atomic E-state index is -0.459. The van der Waals surface area contributed by atoms with Gasteiger partial charge in [-0.2, -0.15) is 15.6 Å². The van der Waals surface area contributed by atoms with Crippen LogP contribution in [0.25, 0.3) is 0 Å². The number of anilines is 1. The molecule has 18 heavy (non-hydrogen) atoms. The highest BCUT2D eigenvalue weighted by Gasteiger charge is 2.07.